The summed E-state index contributed by atoms with van der Waals surface area (Å²) in [4.78, 5) is 31.6. The minimum Gasteiger partial charge on any atom is -0.498 e. The molecule has 3 aliphatic rings. The van der Waals surface area contributed by atoms with Crippen LogP contribution < -0.4 is 10.4 Å². The molecule has 4 rings (SSSR count). The minimum absolute atomic E-state index is 0.0995. The van der Waals surface area contributed by atoms with E-state index < -0.39 is 6.09 Å². The Labute approximate surface area is 197 Å². The highest BCUT2D eigenvalue weighted by Crippen LogP contribution is 2.31. The van der Waals surface area contributed by atoms with Crippen LogP contribution in [0.5, 0.6) is 0 Å². The summed E-state index contributed by atoms with van der Waals surface area (Å²) >= 11 is 0. The summed E-state index contributed by atoms with van der Waals surface area (Å²) in [7, 11) is 0. The third-order valence-electron chi connectivity index (χ3n) is 8.45. The number of hydrogen-bond acceptors (Lipinski definition) is 5. The second-order valence-corrected chi connectivity index (χ2v) is 10.4. The molecule has 1 aromatic rings. The summed E-state index contributed by atoms with van der Waals surface area (Å²) in [5, 5.41) is 15.0. The molecule has 1 aromatic heterocycles. The Balaban J connectivity index is 1.28. The van der Waals surface area contributed by atoms with Crippen molar-refractivity contribution in [3.8, 4) is 0 Å². The fourth-order valence-electron chi connectivity index (χ4n) is 6.29. The molecule has 1 N–H and O–H groups in total. The van der Waals surface area contributed by atoms with E-state index in [1.54, 1.807) is 0 Å². The second-order valence-electron chi connectivity index (χ2n) is 10.4. The molecule has 3 fully saturated rings. The number of likely N-dealkylation sites (tertiary alicyclic amines) is 2. The Morgan fingerprint density at radius 1 is 1.06 bits per heavy atom. The van der Waals surface area contributed by atoms with E-state index in [1.165, 1.54) is 19.3 Å². The number of rotatable bonds is 6. The summed E-state index contributed by atoms with van der Waals surface area (Å²) in [5.41, 5.74) is 0. The summed E-state index contributed by atoms with van der Waals surface area (Å²) < 4.78 is 2.14. The molecule has 1 saturated carbocycles. The van der Waals surface area contributed by atoms with Gasteiger partial charge in [-0.15, -0.1) is 0 Å². The van der Waals surface area contributed by atoms with E-state index in [1.807, 2.05) is 23.9 Å². The molecule has 0 spiro atoms. The maximum atomic E-state index is 12.6. The lowest BCUT2D eigenvalue weighted by molar-refractivity contribution is -0.873. The van der Waals surface area contributed by atoms with E-state index in [4.69, 9.17) is 0 Å². The van der Waals surface area contributed by atoms with Crippen molar-refractivity contribution in [1.29, 1.82) is 0 Å². The van der Waals surface area contributed by atoms with Crippen molar-refractivity contribution in [3.05, 3.63) is 18.2 Å². The van der Waals surface area contributed by atoms with Gasteiger partial charge in [-0.3, -0.25) is 9.28 Å². The first-order valence-corrected chi connectivity index (χ1v) is 13.1. The smallest absolute Gasteiger partial charge is 0.257 e. The monoisotopic (exact) mass is 459 g/mol. The Kier molecular flexibility index (Phi) is 8.07. The van der Waals surface area contributed by atoms with Crippen LogP contribution in [0.4, 0.5) is 4.79 Å². The lowest BCUT2D eigenvalue weighted by Gasteiger charge is -2.38. The molecule has 8 nitrogen and oxygen atoms in total. The number of carbonyl (C=O) groups excluding carboxylic acids is 2. The van der Waals surface area contributed by atoms with Gasteiger partial charge in [-0.25, -0.2) is 4.98 Å². The maximum absolute atomic E-state index is 12.6. The summed E-state index contributed by atoms with van der Waals surface area (Å²) in [6.45, 7) is 6.29. The zero-order valence-electron chi connectivity index (χ0n) is 20.2. The first kappa shape index (κ1) is 24.2. The van der Waals surface area contributed by atoms with Gasteiger partial charge in [0.25, 0.3) is 6.09 Å². The Hall–Kier alpha value is -1.93. The molecule has 2 aliphatic heterocycles. The van der Waals surface area contributed by atoms with Crippen LogP contribution in [0.2, 0.25) is 0 Å². The topological polar surface area (TPSA) is 90.3 Å². The quantitative estimate of drug-likeness (QED) is 0.659. The largest absolute Gasteiger partial charge is 0.498 e. The first-order valence-electron chi connectivity index (χ1n) is 13.1. The molecular formula is C25H41N5O3. The summed E-state index contributed by atoms with van der Waals surface area (Å²) in [6, 6.07) is 0.792. The average Bonchev–Trinajstić information content (AvgIpc) is 3.16. The van der Waals surface area contributed by atoms with Crippen LogP contribution >= 0.6 is 0 Å². The van der Waals surface area contributed by atoms with Crippen LogP contribution in [0.1, 0.15) is 82.9 Å². The van der Waals surface area contributed by atoms with E-state index in [0.29, 0.717) is 44.2 Å². The van der Waals surface area contributed by atoms with Crippen molar-refractivity contribution in [2.24, 2.45) is 0 Å². The zero-order valence-corrected chi connectivity index (χ0v) is 20.2. The molecule has 184 valence electrons. The third-order valence-corrected chi connectivity index (χ3v) is 8.45. The van der Waals surface area contributed by atoms with Crippen LogP contribution in [0.15, 0.2) is 12.4 Å². The Morgan fingerprint density at radius 3 is 2.52 bits per heavy atom. The average molecular weight is 460 g/mol. The van der Waals surface area contributed by atoms with Gasteiger partial charge in [0.15, 0.2) is 0 Å². The van der Waals surface area contributed by atoms with E-state index >= 15 is 0 Å². The van der Waals surface area contributed by atoms with Crippen LogP contribution in [0, 0.1) is 0 Å². The minimum atomic E-state index is -0.920. The van der Waals surface area contributed by atoms with E-state index in [-0.39, 0.29) is 10.4 Å². The molecule has 33 heavy (non-hydrogen) atoms. The highest BCUT2D eigenvalue weighted by atomic mass is 16.4. The lowest BCUT2D eigenvalue weighted by Crippen LogP contribution is -2.59. The van der Waals surface area contributed by atoms with Gasteiger partial charge in [-0.05, 0) is 58.5 Å². The van der Waals surface area contributed by atoms with Gasteiger partial charge in [0.05, 0.1) is 19.6 Å². The highest BCUT2D eigenvalue weighted by molar-refractivity contribution is 5.76. The Morgan fingerprint density at radius 2 is 1.82 bits per heavy atom. The summed E-state index contributed by atoms with van der Waals surface area (Å²) in [6.07, 6.45) is 13.7. The van der Waals surface area contributed by atoms with Gasteiger partial charge in [-0.1, -0.05) is 19.3 Å². The van der Waals surface area contributed by atoms with Gasteiger partial charge in [0, 0.05) is 36.8 Å². The molecule has 1 aliphatic carbocycles. The van der Waals surface area contributed by atoms with E-state index in [0.717, 1.165) is 63.9 Å². The number of nitrogens with zero attached hydrogens (tertiary/aromatic N) is 4. The first-order chi connectivity index (χ1) is 16.0. The number of nitrogens with one attached hydrogen (secondary N) is 1. The number of piperidine rings is 1. The fraction of sp³-hybridized carbons (Fsp3) is 0.800. The van der Waals surface area contributed by atoms with Gasteiger partial charge in [0.1, 0.15) is 12.4 Å². The number of hydrogen-bond donors (Lipinski definition) is 1. The maximum Gasteiger partial charge on any atom is 0.257 e. The number of aromatic nitrogens is 2. The van der Waals surface area contributed by atoms with E-state index in [2.05, 4.69) is 15.2 Å². The van der Waals surface area contributed by atoms with Crippen LogP contribution in [-0.2, 0) is 11.3 Å². The van der Waals surface area contributed by atoms with Crippen molar-refractivity contribution in [3.63, 3.8) is 0 Å². The molecule has 8 heteroatoms. The molecule has 2 unspecified atom stereocenters. The SMILES string of the molecule is CC[N+]1(C(=O)[O-])CCCC(N2CCC(c3nccn3CC(=O)NC3CCCCC3)CC2)CC1. The van der Waals surface area contributed by atoms with Gasteiger partial charge in [-0.2, -0.15) is 0 Å². The van der Waals surface area contributed by atoms with Crippen LogP contribution in [-0.4, -0.2) is 75.7 Å². The molecule has 0 radical (unpaired) electrons. The summed E-state index contributed by atoms with van der Waals surface area (Å²) in [5.74, 6) is 1.51. The van der Waals surface area contributed by atoms with Gasteiger partial charge in [0.2, 0.25) is 5.91 Å². The van der Waals surface area contributed by atoms with Gasteiger partial charge >= 0.3 is 0 Å². The normalized spacial score (nSPS) is 28.3. The standard InChI is InChI=1S/C25H41N5O3/c1-2-30(25(32)33)17-6-9-22(12-18-30)28-14-10-20(11-15-28)24-26-13-16-29(24)19-23(31)27-21-7-4-3-5-8-21/h13,16,20-22H,2-12,14-15,17-19H2,1H3,(H-,27,31,32,33). The lowest BCUT2D eigenvalue weighted by atomic mass is 9.93. The zero-order chi connectivity index (χ0) is 23.3. The molecule has 2 atom stereocenters. The van der Waals surface area contributed by atoms with Crippen molar-refractivity contribution in [2.75, 3.05) is 32.7 Å². The van der Waals surface area contributed by atoms with Crippen molar-refractivity contribution >= 4 is 12.0 Å². The molecular weight excluding hydrogens is 418 g/mol. The van der Waals surface area contributed by atoms with E-state index in [9.17, 15) is 14.7 Å². The predicted molar refractivity (Wildman–Crippen MR) is 124 cm³/mol. The number of amides is 2. The van der Waals surface area contributed by atoms with Crippen LogP contribution in [0.3, 0.4) is 0 Å². The third kappa shape index (κ3) is 5.77. The highest BCUT2D eigenvalue weighted by Gasteiger charge is 2.35. The molecule has 3 heterocycles. The molecule has 2 amide bonds. The van der Waals surface area contributed by atoms with Gasteiger partial charge < -0.3 is 24.7 Å². The van der Waals surface area contributed by atoms with Crippen molar-refractivity contribution in [2.45, 2.75) is 95.7 Å². The number of carboxylic acid groups (broad SMARTS) is 1. The molecule has 0 bridgehead atoms. The second kappa shape index (κ2) is 11.0. The van der Waals surface area contributed by atoms with Crippen molar-refractivity contribution < 1.29 is 19.2 Å². The number of quaternary nitrogens is 1. The molecule has 2 saturated heterocycles. The number of carbonyl (C=O) groups is 2. The Bertz CT molecular complexity index is 798. The van der Waals surface area contributed by atoms with Crippen LogP contribution in [0.25, 0.3) is 0 Å². The van der Waals surface area contributed by atoms with Crippen molar-refractivity contribution in [1.82, 2.24) is 19.8 Å². The number of imidazole rings is 1. The molecule has 0 aromatic carbocycles. The fourth-order valence-corrected chi connectivity index (χ4v) is 6.29. The predicted octanol–water partition coefficient (Wildman–Crippen LogP) is 2.24.